The molecule has 3 amide bonds. The lowest BCUT2D eigenvalue weighted by molar-refractivity contribution is 0.0692. The first-order valence-corrected chi connectivity index (χ1v) is 15.8. The van der Waals surface area contributed by atoms with Crippen LogP contribution in [0.5, 0.6) is 5.88 Å². The summed E-state index contributed by atoms with van der Waals surface area (Å²) in [5, 5.41) is 21.8. The normalized spacial score (nSPS) is 14.0. The zero-order valence-electron chi connectivity index (χ0n) is 26.7. The first kappa shape index (κ1) is 30.8. The Balaban J connectivity index is 1.12. The summed E-state index contributed by atoms with van der Waals surface area (Å²) in [6, 6.07) is 26.3. The van der Waals surface area contributed by atoms with Gasteiger partial charge in [0.15, 0.2) is 0 Å². The molecule has 1 aliphatic heterocycles. The highest BCUT2D eigenvalue weighted by Gasteiger charge is 2.26. The van der Waals surface area contributed by atoms with Crippen LogP contribution in [0, 0.1) is 12.8 Å². The summed E-state index contributed by atoms with van der Waals surface area (Å²) < 4.78 is 1.77. The number of carbonyl (C=O) groups is 2. The monoisotopic (exact) mass is 616 g/mol. The number of rotatable bonds is 6. The van der Waals surface area contributed by atoms with Crippen molar-refractivity contribution in [2.45, 2.75) is 52.4 Å². The molecular formula is C37H40N6O3. The smallest absolute Gasteiger partial charge is 0.324 e. The van der Waals surface area contributed by atoms with Crippen LogP contribution in [-0.2, 0) is 11.8 Å². The van der Waals surface area contributed by atoms with Crippen molar-refractivity contribution in [3.63, 3.8) is 0 Å². The molecule has 1 fully saturated rings. The molecule has 6 rings (SSSR count). The number of para-hydroxylation sites is 2. The number of nitrogens with zero attached hydrogens (tertiary/aromatic N) is 4. The largest absolute Gasteiger partial charge is 0.493 e. The SMILES string of the molecule is Cc1ccc(-n2nc(C(C)(C)C)cc2NC(=O)Nc2ccccc2CC2CCN(C(=O)c3cc(O)nc4ccccc34)CC2)cc1. The number of aromatic hydroxyl groups is 1. The maximum atomic E-state index is 13.5. The first-order valence-electron chi connectivity index (χ1n) is 15.8. The number of aromatic nitrogens is 3. The van der Waals surface area contributed by atoms with Gasteiger partial charge in [-0.25, -0.2) is 14.5 Å². The lowest BCUT2D eigenvalue weighted by atomic mass is 9.89. The molecule has 1 saturated heterocycles. The summed E-state index contributed by atoms with van der Waals surface area (Å²) in [6.45, 7) is 9.58. The fourth-order valence-corrected chi connectivity index (χ4v) is 5.97. The fraction of sp³-hybridized carbons (Fsp3) is 0.297. The van der Waals surface area contributed by atoms with Crippen molar-refractivity contribution in [1.29, 1.82) is 0 Å². The number of amides is 3. The van der Waals surface area contributed by atoms with Gasteiger partial charge in [0.25, 0.3) is 5.91 Å². The zero-order chi connectivity index (χ0) is 32.4. The number of aryl methyl sites for hydroxylation is 1. The maximum Gasteiger partial charge on any atom is 0.324 e. The molecule has 3 aromatic carbocycles. The van der Waals surface area contributed by atoms with Gasteiger partial charge in [-0.15, -0.1) is 0 Å². The topological polar surface area (TPSA) is 112 Å². The number of urea groups is 1. The van der Waals surface area contributed by atoms with Gasteiger partial charge in [0.1, 0.15) is 5.82 Å². The maximum absolute atomic E-state index is 13.5. The molecule has 0 spiro atoms. The molecule has 46 heavy (non-hydrogen) atoms. The molecule has 9 heteroatoms. The van der Waals surface area contributed by atoms with Crippen LogP contribution in [0.2, 0.25) is 0 Å². The summed E-state index contributed by atoms with van der Waals surface area (Å²) in [5.74, 6) is 0.705. The van der Waals surface area contributed by atoms with Crippen molar-refractivity contribution < 1.29 is 14.7 Å². The molecule has 0 aliphatic carbocycles. The molecule has 0 radical (unpaired) electrons. The van der Waals surface area contributed by atoms with E-state index in [9.17, 15) is 14.7 Å². The van der Waals surface area contributed by atoms with Crippen molar-refractivity contribution in [2.75, 3.05) is 23.7 Å². The number of hydrogen-bond acceptors (Lipinski definition) is 5. The van der Waals surface area contributed by atoms with E-state index in [4.69, 9.17) is 5.10 Å². The van der Waals surface area contributed by atoms with E-state index in [2.05, 4.69) is 36.4 Å². The minimum Gasteiger partial charge on any atom is -0.493 e. The molecule has 1 aliphatic rings. The molecule has 0 atom stereocenters. The summed E-state index contributed by atoms with van der Waals surface area (Å²) in [5.41, 5.74) is 5.59. The van der Waals surface area contributed by atoms with Gasteiger partial charge in [-0.1, -0.05) is 74.9 Å². The molecule has 9 nitrogen and oxygen atoms in total. The zero-order valence-corrected chi connectivity index (χ0v) is 26.7. The lowest BCUT2D eigenvalue weighted by Gasteiger charge is -2.32. The number of carbonyl (C=O) groups excluding carboxylic acids is 2. The summed E-state index contributed by atoms with van der Waals surface area (Å²) >= 11 is 0. The van der Waals surface area contributed by atoms with Gasteiger partial charge < -0.3 is 15.3 Å². The predicted molar refractivity (Wildman–Crippen MR) is 182 cm³/mol. The Bertz CT molecular complexity index is 1880. The van der Waals surface area contributed by atoms with E-state index in [1.54, 1.807) is 10.7 Å². The Morgan fingerprint density at radius 1 is 0.913 bits per heavy atom. The number of fused-ring (bicyclic) bond motifs is 1. The van der Waals surface area contributed by atoms with Crippen molar-refractivity contribution in [1.82, 2.24) is 19.7 Å². The lowest BCUT2D eigenvalue weighted by Crippen LogP contribution is -2.39. The van der Waals surface area contributed by atoms with Crippen LogP contribution in [-0.4, -0.2) is 49.8 Å². The third kappa shape index (κ3) is 6.73. The average Bonchev–Trinajstić information content (AvgIpc) is 3.46. The fourth-order valence-electron chi connectivity index (χ4n) is 5.97. The van der Waals surface area contributed by atoms with Crippen LogP contribution in [0.3, 0.4) is 0 Å². The van der Waals surface area contributed by atoms with Gasteiger partial charge in [-0.3, -0.25) is 10.1 Å². The second-order valence-corrected chi connectivity index (χ2v) is 13.1. The minimum atomic E-state index is -0.339. The minimum absolute atomic E-state index is 0.0921. The van der Waals surface area contributed by atoms with Gasteiger partial charge in [-0.2, -0.15) is 5.10 Å². The van der Waals surface area contributed by atoms with Crippen LogP contribution >= 0.6 is 0 Å². The number of pyridine rings is 1. The number of nitrogens with one attached hydrogen (secondary N) is 2. The molecule has 3 heterocycles. The van der Waals surface area contributed by atoms with Crippen LogP contribution in [0.25, 0.3) is 16.6 Å². The number of hydrogen-bond donors (Lipinski definition) is 3. The Morgan fingerprint density at radius 3 is 2.35 bits per heavy atom. The number of benzene rings is 3. The molecule has 2 aromatic heterocycles. The van der Waals surface area contributed by atoms with Crippen molar-refractivity contribution in [2.24, 2.45) is 5.92 Å². The molecule has 0 saturated carbocycles. The van der Waals surface area contributed by atoms with E-state index in [1.165, 1.54) is 6.07 Å². The quantitative estimate of drug-likeness (QED) is 0.183. The number of likely N-dealkylation sites (tertiary alicyclic amines) is 1. The second kappa shape index (κ2) is 12.7. The van der Waals surface area contributed by atoms with Crippen molar-refractivity contribution in [3.8, 4) is 11.6 Å². The summed E-state index contributed by atoms with van der Waals surface area (Å²) in [4.78, 5) is 32.8. The summed E-state index contributed by atoms with van der Waals surface area (Å²) in [7, 11) is 0. The summed E-state index contributed by atoms with van der Waals surface area (Å²) in [6.07, 6.45) is 2.46. The standard InChI is InChI=1S/C37H40N6O3/c1-24-13-15-27(16-14-24)43-33(23-32(41-43)37(2,3)4)40-36(46)39-30-11-7-5-9-26(30)21-25-17-19-42(20-18-25)35(45)29-22-34(44)38-31-12-8-6-10-28(29)31/h5-16,22-23,25H,17-21H2,1-4H3,(H,38,44)(H2,39,40,46). The predicted octanol–water partition coefficient (Wildman–Crippen LogP) is 7.47. The van der Waals surface area contributed by atoms with Crippen LogP contribution in [0.1, 0.15) is 60.8 Å². The van der Waals surface area contributed by atoms with E-state index >= 15 is 0 Å². The third-order valence-corrected chi connectivity index (χ3v) is 8.61. The Hall–Kier alpha value is -5.18. The van der Waals surface area contributed by atoms with E-state index in [1.807, 2.05) is 84.6 Å². The van der Waals surface area contributed by atoms with Crippen LogP contribution < -0.4 is 10.6 Å². The number of anilines is 2. The molecule has 5 aromatic rings. The highest BCUT2D eigenvalue weighted by atomic mass is 16.3. The molecular weight excluding hydrogens is 576 g/mol. The Labute approximate surface area is 269 Å². The van der Waals surface area contributed by atoms with E-state index in [-0.39, 0.29) is 23.2 Å². The number of piperidine rings is 1. The van der Waals surface area contributed by atoms with Gasteiger partial charge in [0, 0.05) is 41.7 Å². The molecule has 236 valence electrons. The van der Waals surface area contributed by atoms with Crippen LogP contribution in [0.15, 0.2) is 84.9 Å². The average molecular weight is 617 g/mol. The highest BCUT2D eigenvalue weighted by molar-refractivity contribution is 6.06. The van der Waals surface area contributed by atoms with Crippen molar-refractivity contribution >= 4 is 34.3 Å². The molecule has 0 unspecified atom stereocenters. The molecule has 0 bridgehead atoms. The first-order chi connectivity index (χ1) is 22.0. The van der Waals surface area contributed by atoms with E-state index < -0.39 is 0 Å². The van der Waals surface area contributed by atoms with Gasteiger partial charge in [0.2, 0.25) is 5.88 Å². The Kier molecular flexibility index (Phi) is 8.49. The highest BCUT2D eigenvalue weighted by Crippen LogP contribution is 2.30. The van der Waals surface area contributed by atoms with Gasteiger partial charge in [0.05, 0.1) is 22.5 Å². The molecule has 3 N–H and O–H groups in total. The van der Waals surface area contributed by atoms with Crippen molar-refractivity contribution in [3.05, 3.63) is 107 Å². The van der Waals surface area contributed by atoms with E-state index in [0.29, 0.717) is 35.9 Å². The third-order valence-electron chi connectivity index (χ3n) is 8.61. The second-order valence-electron chi connectivity index (χ2n) is 13.1. The Morgan fingerprint density at radius 2 is 1.61 bits per heavy atom. The van der Waals surface area contributed by atoms with Crippen LogP contribution in [0.4, 0.5) is 16.3 Å². The van der Waals surface area contributed by atoms with E-state index in [0.717, 1.165) is 52.8 Å². The van der Waals surface area contributed by atoms with Gasteiger partial charge >= 0.3 is 6.03 Å². The van der Waals surface area contributed by atoms with Gasteiger partial charge in [-0.05, 0) is 61.9 Å².